The van der Waals surface area contributed by atoms with E-state index in [0.29, 0.717) is 35.7 Å². The Balaban J connectivity index is 0.00000253. The molecule has 2 atom stereocenters. The number of hydrogen-bond acceptors (Lipinski definition) is 5. The molecular formula is C27H33ClN4O3. The number of nitrogens with one attached hydrogen (secondary N) is 2. The van der Waals surface area contributed by atoms with Crippen LogP contribution in [0.5, 0.6) is 5.75 Å². The zero-order chi connectivity index (χ0) is 23.2. The third-order valence-corrected chi connectivity index (χ3v) is 7.94. The summed E-state index contributed by atoms with van der Waals surface area (Å²) in [6.45, 7) is 3.44. The average Bonchev–Trinajstić information content (AvgIpc) is 3.47. The second kappa shape index (κ2) is 9.69. The van der Waals surface area contributed by atoms with Crippen LogP contribution in [0.25, 0.3) is 0 Å². The molecule has 8 heteroatoms. The van der Waals surface area contributed by atoms with Crippen molar-refractivity contribution in [3.63, 3.8) is 0 Å². The summed E-state index contributed by atoms with van der Waals surface area (Å²) in [5, 5.41) is 6.30. The highest BCUT2D eigenvalue weighted by Gasteiger charge is 2.42. The van der Waals surface area contributed by atoms with E-state index < -0.39 is 0 Å². The number of amides is 2. The molecule has 3 fully saturated rings. The molecule has 6 rings (SSSR count). The summed E-state index contributed by atoms with van der Waals surface area (Å²) in [4.78, 5) is 32.5. The van der Waals surface area contributed by atoms with Gasteiger partial charge >= 0.3 is 0 Å². The van der Waals surface area contributed by atoms with Crippen LogP contribution in [0.3, 0.4) is 0 Å². The van der Waals surface area contributed by atoms with Crippen LogP contribution in [-0.4, -0.2) is 48.1 Å². The summed E-state index contributed by atoms with van der Waals surface area (Å²) < 4.78 is 5.75. The van der Waals surface area contributed by atoms with Crippen molar-refractivity contribution in [2.24, 2.45) is 5.92 Å². The number of ether oxygens (including phenoxy) is 1. The van der Waals surface area contributed by atoms with Crippen LogP contribution >= 0.6 is 12.4 Å². The van der Waals surface area contributed by atoms with Crippen LogP contribution in [0.1, 0.15) is 70.4 Å². The monoisotopic (exact) mass is 496 g/mol. The van der Waals surface area contributed by atoms with E-state index in [-0.39, 0.29) is 30.3 Å². The molecule has 2 saturated heterocycles. The largest absolute Gasteiger partial charge is 0.493 e. The van der Waals surface area contributed by atoms with E-state index in [0.717, 1.165) is 55.8 Å². The molecule has 186 valence electrons. The van der Waals surface area contributed by atoms with Gasteiger partial charge in [-0.25, -0.2) is 4.98 Å². The Morgan fingerprint density at radius 2 is 1.83 bits per heavy atom. The van der Waals surface area contributed by atoms with Gasteiger partial charge in [0, 0.05) is 48.4 Å². The minimum absolute atomic E-state index is 0. The Morgan fingerprint density at radius 3 is 2.51 bits per heavy atom. The van der Waals surface area contributed by atoms with E-state index in [2.05, 4.69) is 20.5 Å². The molecule has 0 radical (unpaired) electrons. The Labute approximate surface area is 212 Å². The van der Waals surface area contributed by atoms with Crippen LogP contribution in [0, 0.1) is 12.8 Å². The topological polar surface area (TPSA) is 83.6 Å². The minimum atomic E-state index is -0.0393. The van der Waals surface area contributed by atoms with Crippen LogP contribution in [0.15, 0.2) is 30.5 Å². The Morgan fingerprint density at radius 1 is 1.06 bits per heavy atom. The summed E-state index contributed by atoms with van der Waals surface area (Å²) in [6.07, 6.45) is 9.09. The number of benzene rings is 1. The van der Waals surface area contributed by atoms with Crippen molar-refractivity contribution < 1.29 is 14.3 Å². The van der Waals surface area contributed by atoms with Crippen molar-refractivity contribution in [1.82, 2.24) is 15.6 Å². The van der Waals surface area contributed by atoms with Gasteiger partial charge in [0.25, 0.3) is 11.8 Å². The first-order valence-electron chi connectivity index (χ1n) is 12.7. The van der Waals surface area contributed by atoms with Gasteiger partial charge in [0.15, 0.2) is 0 Å². The molecule has 2 amide bonds. The van der Waals surface area contributed by atoms with E-state index in [4.69, 9.17) is 4.74 Å². The standard InChI is InChI=1S/C27H32N4O3.ClH/c1-16-23(8-4-18-10-11-34-25(16)18)27(33)30-20-12-21-6-7-22(13-20)31(21)24-9-5-19(15-28-24)26(32)29-14-17-2-3-17;/h4-5,8-9,15,17,20-22H,2-3,6-7,10-14H2,1H3,(H,29,32)(H,30,33);1H. The van der Waals surface area contributed by atoms with E-state index >= 15 is 0 Å². The number of hydrogen-bond donors (Lipinski definition) is 2. The van der Waals surface area contributed by atoms with Crippen molar-refractivity contribution in [2.45, 2.75) is 70.0 Å². The van der Waals surface area contributed by atoms with Gasteiger partial charge in [-0.15, -0.1) is 12.4 Å². The Hall–Kier alpha value is -2.80. The summed E-state index contributed by atoms with van der Waals surface area (Å²) in [5.74, 6) is 2.44. The van der Waals surface area contributed by atoms with Gasteiger partial charge in [-0.2, -0.15) is 0 Å². The van der Waals surface area contributed by atoms with Crippen molar-refractivity contribution in [3.8, 4) is 5.75 Å². The number of fused-ring (bicyclic) bond motifs is 3. The van der Waals surface area contributed by atoms with Gasteiger partial charge in [0.1, 0.15) is 11.6 Å². The fraction of sp³-hybridized carbons (Fsp3) is 0.519. The molecule has 2 aromatic rings. The first-order valence-corrected chi connectivity index (χ1v) is 12.7. The lowest BCUT2D eigenvalue weighted by Crippen LogP contribution is -2.50. The molecule has 3 aliphatic heterocycles. The predicted molar refractivity (Wildman–Crippen MR) is 137 cm³/mol. The maximum atomic E-state index is 13.1. The van der Waals surface area contributed by atoms with Gasteiger partial charge in [0.2, 0.25) is 0 Å². The summed E-state index contributed by atoms with van der Waals surface area (Å²) in [7, 11) is 0. The van der Waals surface area contributed by atoms with Crippen molar-refractivity contribution in [1.29, 1.82) is 0 Å². The molecule has 1 aliphatic carbocycles. The molecular weight excluding hydrogens is 464 g/mol. The normalized spacial score (nSPS) is 24.3. The lowest BCUT2D eigenvalue weighted by Gasteiger charge is -2.40. The van der Waals surface area contributed by atoms with Gasteiger partial charge in [-0.1, -0.05) is 6.07 Å². The minimum Gasteiger partial charge on any atom is -0.493 e. The summed E-state index contributed by atoms with van der Waals surface area (Å²) in [6, 6.07) is 8.70. The Bertz CT molecular complexity index is 1100. The maximum absolute atomic E-state index is 13.1. The average molecular weight is 497 g/mol. The van der Waals surface area contributed by atoms with E-state index in [1.54, 1.807) is 6.20 Å². The van der Waals surface area contributed by atoms with Crippen molar-refractivity contribution in [2.75, 3.05) is 18.1 Å². The lowest BCUT2D eigenvalue weighted by molar-refractivity contribution is 0.0923. The number of nitrogens with zero attached hydrogens (tertiary/aromatic N) is 2. The number of aromatic nitrogens is 1. The second-order valence-corrected chi connectivity index (χ2v) is 10.3. The van der Waals surface area contributed by atoms with E-state index in [1.807, 2.05) is 31.2 Å². The molecule has 4 aliphatic rings. The summed E-state index contributed by atoms with van der Waals surface area (Å²) in [5.41, 5.74) is 3.47. The van der Waals surface area contributed by atoms with Crippen LogP contribution in [0.4, 0.5) is 5.82 Å². The van der Waals surface area contributed by atoms with Gasteiger partial charge in [-0.3, -0.25) is 9.59 Å². The van der Waals surface area contributed by atoms with Gasteiger partial charge in [-0.05, 0) is 75.1 Å². The van der Waals surface area contributed by atoms with Gasteiger partial charge in [0.05, 0.1) is 12.2 Å². The third kappa shape index (κ3) is 4.70. The van der Waals surface area contributed by atoms with Gasteiger partial charge < -0.3 is 20.3 Å². The number of anilines is 1. The first-order chi connectivity index (χ1) is 16.6. The number of piperidine rings is 1. The van der Waals surface area contributed by atoms with E-state index in [9.17, 15) is 9.59 Å². The summed E-state index contributed by atoms with van der Waals surface area (Å²) >= 11 is 0. The number of pyridine rings is 1. The highest BCUT2D eigenvalue weighted by atomic mass is 35.5. The molecule has 1 aromatic carbocycles. The SMILES string of the molecule is Cc1c(C(=O)NC2CC3CCC(C2)N3c2ccc(C(=O)NCC3CC3)cn2)ccc2c1OCC2.Cl. The smallest absolute Gasteiger partial charge is 0.252 e. The number of halogens is 1. The fourth-order valence-corrected chi connectivity index (χ4v) is 5.92. The molecule has 35 heavy (non-hydrogen) atoms. The van der Waals surface area contributed by atoms with Crippen molar-refractivity contribution in [3.05, 3.63) is 52.7 Å². The molecule has 1 saturated carbocycles. The highest BCUT2D eigenvalue weighted by Crippen LogP contribution is 2.39. The maximum Gasteiger partial charge on any atom is 0.252 e. The van der Waals surface area contributed by atoms with E-state index in [1.165, 1.54) is 18.4 Å². The zero-order valence-corrected chi connectivity index (χ0v) is 20.9. The molecule has 2 unspecified atom stereocenters. The first kappa shape index (κ1) is 23.9. The highest BCUT2D eigenvalue weighted by molar-refractivity contribution is 5.97. The Kier molecular flexibility index (Phi) is 6.62. The molecule has 2 N–H and O–H groups in total. The second-order valence-electron chi connectivity index (χ2n) is 10.3. The number of rotatable bonds is 6. The lowest BCUT2D eigenvalue weighted by atomic mass is 9.96. The zero-order valence-electron chi connectivity index (χ0n) is 20.1. The molecule has 4 heterocycles. The van der Waals surface area contributed by atoms with Crippen LogP contribution < -0.4 is 20.3 Å². The third-order valence-electron chi connectivity index (χ3n) is 7.94. The molecule has 1 aromatic heterocycles. The number of carbonyl (C=O) groups excluding carboxylic acids is 2. The molecule has 0 spiro atoms. The van der Waals surface area contributed by atoms with Crippen LogP contribution in [0.2, 0.25) is 0 Å². The number of carbonyl (C=O) groups is 2. The van der Waals surface area contributed by atoms with Crippen LogP contribution in [-0.2, 0) is 6.42 Å². The quantitative estimate of drug-likeness (QED) is 0.635. The molecule has 7 nitrogen and oxygen atoms in total. The molecule has 2 bridgehead atoms. The predicted octanol–water partition coefficient (Wildman–Crippen LogP) is 3.82. The van der Waals surface area contributed by atoms with Crippen molar-refractivity contribution >= 4 is 30.0 Å². The fourth-order valence-electron chi connectivity index (χ4n) is 5.92.